The van der Waals surface area contributed by atoms with E-state index in [1.54, 1.807) is 6.07 Å². The maximum atomic E-state index is 11.2. The molecule has 1 aromatic carbocycles. The molecule has 0 amide bonds. The minimum atomic E-state index is -0.854. The highest BCUT2D eigenvalue weighted by Crippen LogP contribution is 2.36. The van der Waals surface area contributed by atoms with E-state index >= 15 is 0 Å². The van der Waals surface area contributed by atoms with Gasteiger partial charge in [0, 0.05) is 17.1 Å². The number of hydrogen-bond acceptors (Lipinski definition) is 2. The summed E-state index contributed by atoms with van der Waals surface area (Å²) in [7, 11) is 0. The molecule has 1 aromatic rings. The molecule has 15 heavy (non-hydrogen) atoms. The molecule has 1 heterocycles. The Kier molecular flexibility index (Phi) is 2.35. The molecule has 1 aliphatic rings. The average molecular weight is 226 g/mol. The quantitative estimate of drug-likeness (QED) is 0.813. The fraction of sp³-hybridized carbons (Fsp3) is 0.364. The zero-order chi connectivity index (χ0) is 11.1. The number of fused-ring (bicyclic) bond motifs is 1. The molecule has 0 radical (unpaired) electrons. The summed E-state index contributed by atoms with van der Waals surface area (Å²) >= 11 is 5.86. The van der Waals surface area contributed by atoms with E-state index in [0.29, 0.717) is 17.9 Å². The lowest BCUT2D eigenvalue weighted by Gasteiger charge is -2.23. The van der Waals surface area contributed by atoms with Gasteiger partial charge in [0.05, 0.1) is 0 Å². The fourth-order valence-electron chi connectivity index (χ4n) is 1.95. The number of nitrogens with one attached hydrogen (secondary N) is 1. The molecule has 0 fully saturated rings. The van der Waals surface area contributed by atoms with E-state index in [2.05, 4.69) is 5.32 Å². The van der Waals surface area contributed by atoms with Crippen molar-refractivity contribution in [3.05, 3.63) is 28.8 Å². The van der Waals surface area contributed by atoms with Crippen molar-refractivity contribution in [1.29, 1.82) is 0 Å². The van der Waals surface area contributed by atoms with Gasteiger partial charge >= 0.3 is 5.97 Å². The summed E-state index contributed by atoms with van der Waals surface area (Å²) in [5.41, 5.74) is 1.00. The Labute approximate surface area is 93.1 Å². The van der Waals surface area contributed by atoms with Gasteiger partial charge in [0.2, 0.25) is 0 Å². The van der Waals surface area contributed by atoms with Gasteiger partial charge in [0.15, 0.2) is 0 Å². The predicted molar refractivity (Wildman–Crippen MR) is 59.4 cm³/mol. The lowest BCUT2D eigenvalue weighted by Crippen LogP contribution is -2.44. The molecule has 4 heteroatoms. The van der Waals surface area contributed by atoms with Gasteiger partial charge in [-0.1, -0.05) is 18.5 Å². The van der Waals surface area contributed by atoms with Crippen molar-refractivity contribution < 1.29 is 9.90 Å². The Hall–Kier alpha value is -1.22. The maximum absolute atomic E-state index is 11.2. The van der Waals surface area contributed by atoms with Crippen LogP contribution in [0.1, 0.15) is 18.9 Å². The van der Waals surface area contributed by atoms with Crippen LogP contribution in [0, 0.1) is 0 Å². The van der Waals surface area contributed by atoms with E-state index in [4.69, 9.17) is 11.6 Å². The van der Waals surface area contributed by atoms with E-state index in [1.807, 2.05) is 19.1 Å². The van der Waals surface area contributed by atoms with Crippen molar-refractivity contribution in [2.75, 3.05) is 5.32 Å². The Morgan fingerprint density at radius 1 is 1.67 bits per heavy atom. The molecule has 0 bridgehead atoms. The molecule has 2 N–H and O–H groups in total. The SMILES string of the molecule is CCC1(C(=O)O)Cc2cc(Cl)ccc2N1. The highest BCUT2D eigenvalue weighted by atomic mass is 35.5. The summed E-state index contributed by atoms with van der Waals surface area (Å²) < 4.78 is 0. The molecule has 1 aliphatic heterocycles. The van der Waals surface area contributed by atoms with Gasteiger partial charge in [0.1, 0.15) is 5.54 Å². The zero-order valence-corrected chi connectivity index (χ0v) is 9.14. The van der Waals surface area contributed by atoms with Crippen molar-refractivity contribution in [3.8, 4) is 0 Å². The number of aliphatic carboxylic acids is 1. The maximum Gasteiger partial charge on any atom is 0.329 e. The highest BCUT2D eigenvalue weighted by Gasteiger charge is 2.42. The second-order valence-electron chi connectivity index (χ2n) is 3.84. The lowest BCUT2D eigenvalue weighted by molar-refractivity contribution is -0.142. The molecule has 3 nitrogen and oxygen atoms in total. The van der Waals surface area contributed by atoms with Gasteiger partial charge in [-0.25, -0.2) is 4.79 Å². The van der Waals surface area contributed by atoms with Crippen LogP contribution < -0.4 is 5.32 Å². The molecule has 2 rings (SSSR count). The second-order valence-corrected chi connectivity index (χ2v) is 4.28. The second kappa shape index (κ2) is 3.42. The first-order valence-corrected chi connectivity index (χ1v) is 5.25. The van der Waals surface area contributed by atoms with Gasteiger partial charge in [-0.15, -0.1) is 0 Å². The number of hydrogen-bond donors (Lipinski definition) is 2. The first-order chi connectivity index (χ1) is 7.07. The minimum absolute atomic E-state index is 0.495. The van der Waals surface area contributed by atoms with Crippen molar-refractivity contribution in [2.24, 2.45) is 0 Å². The minimum Gasteiger partial charge on any atom is -0.479 e. The van der Waals surface area contributed by atoms with Crippen molar-refractivity contribution in [1.82, 2.24) is 0 Å². The number of carboxylic acids is 1. The van der Waals surface area contributed by atoms with Crippen LogP contribution in [0.15, 0.2) is 18.2 Å². The average Bonchev–Trinajstić information content (AvgIpc) is 2.56. The zero-order valence-electron chi connectivity index (χ0n) is 8.38. The third-order valence-electron chi connectivity index (χ3n) is 2.95. The van der Waals surface area contributed by atoms with Crippen LogP contribution in [0.2, 0.25) is 5.02 Å². The van der Waals surface area contributed by atoms with E-state index < -0.39 is 11.5 Å². The number of carbonyl (C=O) groups is 1. The Morgan fingerprint density at radius 3 is 3.00 bits per heavy atom. The molecular weight excluding hydrogens is 214 g/mol. The molecule has 0 saturated carbocycles. The fourth-order valence-corrected chi connectivity index (χ4v) is 2.15. The first kappa shape index (κ1) is 10.3. The Balaban J connectivity index is 2.39. The third-order valence-corrected chi connectivity index (χ3v) is 3.18. The van der Waals surface area contributed by atoms with Gasteiger partial charge in [-0.3, -0.25) is 0 Å². The summed E-state index contributed by atoms with van der Waals surface area (Å²) in [4.78, 5) is 11.2. The number of anilines is 1. The summed E-state index contributed by atoms with van der Waals surface area (Å²) in [6, 6.07) is 5.42. The first-order valence-electron chi connectivity index (χ1n) is 4.87. The summed E-state index contributed by atoms with van der Waals surface area (Å²) in [6.45, 7) is 1.87. The summed E-state index contributed by atoms with van der Waals surface area (Å²) in [5, 5.41) is 12.9. The number of carboxylic acid groups (broad SMARTS) is 1. The molecule has 0 aliphatic carbocycles. The number of benzene rings is 1. The molecule has 0 spiro atoms. The molecule has 80 valence electrons. The molecule has 1 atom stereocenters. The smallest absolute Gasteiger partial charge is 0.329 e. The van der Waals surface area contributed by atoms with Crippen LogP contribution in [0.5, 0.6) is 0 Å². The van der Waals surface area contributed by atoms with Crippen LogP contribution >= 0.6 is 11.6 Å². The molecule has 0 aromatic heterocycles. The third kappa shape index (κ3) is 1.57. The normalized spacial score (nSPS) is 23.3. The van der Waals surface area contributed by atoms with E-state index in [-0.39, 0.29) is 0 Å². The lowest BCUT2D eigenvalue weighted by atomic mass is 9.92. The van der Waals surface area contributed by atoms with Gasteiger partial charge in [-0.05, 0) is 30.2 Å². The van der Waals surface area contributed by atoms with Crippen molar-refractivity contribution >= 4 is 23.3 Å². The largest absolute Gasteiger partial charge is 0.479 e. The molecule has 0 saturated heterocycles. The van der Waals surface area contributed by atoms with Gasteiger partial charge < -0.3 is 10.4 Å². The monoisotopic (exact) mass is 225 g/mol. The Morgan fingerprint density at radius 2 is 2.40 bits per heavy atom. The Bertz CT molecular complexity index is 419. The van der Waals surface area contributed by atoms with Crippen molar-refractivity contribution in [2.45, 2.75) is 25.3 Å². The predicted octanol–water partition coefficient (Wildman–Crippen LogP) is 2.54. The topological polar surface area (TPSA) is 49.3 Å². The number of halogens is 1. The van der Waals surface area contributed by atoms with Gasteiger partial charge in [0.25, 0.3) is 0 Å². The van der Waals surface area contributed by atoms with Crippen LogP contribution in [0.3, 0.4) is 0 Å². The standard InChI is InChI=1S/C11H12ClNO2/c1-2-11(10(14)15)6-7-5-8(12)3-4-9(7)13-11/h3-5,13H,2,6H2,1H3,(H,14,15). The molecule has 1 unspecified atom stereocenters. The van der Waals surface area contributed by atoms with Crippen molar-refractivity contribution in [3.63, 3.8) is 0 Å². The summed E-state index contributed by atoms with van der Waals surface area (Å²) in [6.07, 6.45) is 1.04. The van der Waals surface area contributed by atoms with Crippen LogP contribution in [-0.2, 0) is 11.2 Å². The van der Waals surface area contributed by atoms with E-state index in [9.17, 15) is 9.90 Å². The van der Waals surface area contributed by atoms with Crippen LogP contribution in [0.25, 0.3) is 0 Å². The summed E-state index contributed by atoms with van der Waals surface area (Å²) in [5.74, 6) is -0.808. The number of rotatable bonds is 2. The van der Waals surface area contributed by atoms with E-state index in [1.165, 1.54) is 0 Å². The van der Waals surface area contributed by atoms with E-state index in [0.717, 1.165) is 11.3 Å². The molecular formula is C11H12ClNO2. The van der Waals surface area contributed by atoms with Crippen LogP contribution in [-0.4, -0.2) is 16.6 Å². The van der Waals surface area contributed by atoms with Gasteiger partial charge in [-0.2, -0.15) is 0 Å². The highest BCUT2D eigenvalue weighted by molar-refractivity contribution is 6.30. The van der Waals surface area contributed by atoms with Crippen LogP contribution in [0.4, 0.5) is 5.69 Å².